The van der Waals surface area contributed by atoms with Crippen molar-refractivity contribution in [1.82, 2.24) is 24.6 Å². The number of thiazole rings is 1. The van der Waals surface area contributed by atoms with Crippen LogP contribution in [-0.4, -0.2) is 56.7 Å². The van der Waals surface area contributed by atoms with Crippen molar-refractivity contribution in [3.63, 3.8) is 0 Å². The highest BCUT2D eigenvalue weighted by Crippen LogP contribution is 2.21. The summed E-state index contributed by atoms with van der Waals surface area (Å²) >= 11 is 1.68. The molecule has 0 N–H and O–H groups in total. The van der Waals surface area contributed by atoms with E-state index in [1.165, 1.54) is 6.33 Å². The van der Waals surface area contributed by atoms with Gasteiger partial charge in [0.25, 0.3) is 0 Å². The number of hydrogen-bond donors (Lipinski definition) is 0. The highest BCUT2D eigenvalue weighted by Gasteiger charge is 2.20. The van der Waals surface area contributed by atoms with Gasteiger partial charge in [-0.2, -0.15) is 5.10 Å². The van der Waals surface area contributed by atoms with Crippen LogP contribution in [0.5, 0.6) is 0 Å². The first-order valence-electron chi connectivity index (χ1n) is 7.49. The molecule has 3 heterocycles. The average Bonchev–Trinajstić information content (AvgIpc) is 3.11. The fourth-order valence-electron chi connectivity index (χ4n) is 2.56. The van der Waals surface area contributed by atoms with E-state index in [0.717, 1.165) is 43.4 Å². The third-order valence-corrected chi connectivity index (χ3v) is 4.77. The van der Waals surface area contributed by atoms with Crippen molar-refractivity contribution in [2.24, 2.45) is 0 Å². The lowest BCUT2D eigenvalue weighted by Crippen LogP contribution is -2.35. The van der Waals surface area contributed by atoms with Crippen LogP contribution in [0.15, 0.2) is 18.0 Å². The van der Waals surface area contributed by atoms with Gasteiger partial charge in [-0.1, -0.05) is 0 Å². The Morgan fingerprint density at radius 3 is 2.95 bits per heavy atom. The topological polar surface area (TPSA) is 67.2 Å². The minimum atomic E-state index is 0.188. The van der Waals surface area contributed by atoms with E-state index < -0.39 is 0 Å². The lowest BCUT2D eigenvalue weighted by atomic mass is 10.3. The second-order valence-electron chi connectivity index (χ2n) is 5.40. The highest BCUT2D eigenvalue weighted by atomic mass is 32.1. The maximum absolute atomic E-state index is 12.3. The Morgan fingerprint density at radius 1 is 1.32 bits per heavy atom. The van der Waals surface area contributed by atoms with Crippen LogP contribution >= 0.6 is 11.3 Å². The largest absolute Gasteiger partial charge is 0.346 e. The van der Waals surface area contributed by atoms with Gasteiger partial charge in [-0.25, -0.2) is 9.97 Å². The van der Waals surface area contributed by atoms with Gasteiger partial charge in [-0.05, 0) is 13.3 Å². The Bertz CT molecular complexity index is 611. The SMILES string of the molecule is Cc1csc(N2CCCN(C(=O)CCn3cncn3)CC2)n1. The van der Waals surface area contributed by atoms with Gasteiger partial charge < -0.3 is 9.80 Å². The highest BCUT2D eigenvalue weighted by molar-refractivity contribution is 7.13. The van der Waals surface area contributed by atoms with E-state index in [4.69, 9.17) is 0 Å². The Labute approximate surface area is 133 Å². The van der Waals surface area contributed by atoms with Crippen LogP contribution in [0.4, 0.5) is 5.13 Å². The zero-order valence-corrected chi connectivity index (χ0v) is 13.5. The first kappa shape index (κ1) is 15.0. The number of carbonyl (C=O) groups is 1. The first-order chi connectivity index (χ1) is 10.7. The van der Waals surface area contributed by atoms with Crippen molar-refractivity contribution in [3.8, 4) is 0 Å². The fourth-order valence-corrected chi connectivity index (χ4v) is 3.42. The Morgan fingerprint density at radius 2 is 2.23 bits per heavy atom. The van der Waals surface area contributed by atoms with Crippen molar-refractivity contribution < 1.29 is 4.79 Å². The quantitative estimate of drug-likeness (QED) is 0.846. The molecule has 8 heteroatoms. The minimum absolute atomic E-state index is 0.188. The van der Waals surface area contributed by atoms with Crippen molar-refractivity contribution >= 4 is 22.4 Å². The number of aromatic nitrogens is 4. The van der Waals surface area contributed by atoms with Gasteiger partial charge in [0.1, 0.15) is 12.7 Å². The molecule has 1 amide bonds. The van der Waals surface area contributed by atoms with E-state index in [1.807, 2.05) is 11.8 Å². The van der Waals surface area contributed by atoms with Crippen LogP contribution in [0.2, 0.25) is 0 Å². The number of carbonyl (C=O) groups excluding carboxylic acids is 1. The number of hydrogen-bond acceptors (Lipinski definition) is 6. The van der Waals surface area contributed by atoms with Gasteiger partial charge in [0.2, 0.25) is 5.91 Å². The van der Waals surface area contributed by atoms with Crippen LogP contribution < -0.4 is 4.90 Å². The molecule has 0 aliphatic carbocycles. The molecule has 0 bridgehead atoms. The molecule has 0 unspecified atom stereocenters. The second-order valence-corrected chi connectivity index (χ2v) is 6.24. The molecule has 0 radical (unpaired) electrons. The van der Waals surface area contributed by atoms with E-state index in [2.05, 4.69) is 25.3 Å². The average molecular weight is 320 g/mol. The van der Waals surface area contributed by atoms with Crippen molar-refractivity contribution in [2.75, 3.05) is 31.1 Å². The van der Waals surface area contributed by atoms with Gasteiger partial charge in [0.15, 0.2) is 5.13 Å². The van der Waals surface area contributed by atoms with Gasteiger partial charge in [-0.3, -0.25) is 9.48 Å². The Balaban J connectivity index is 1.52. The predicted molar refractivity (Wildman–Crippen MR) is 84.9 cm³/mol. The fraction of sp³-hybridized carbons (Fsp3) is 0.571. The summed E-state index contributed by atoms with van der Waals surface area (Å²) in [5.41, 5.74) is 1.06. The summed E-state index contributed by atoms with van der Waals surface area (Å²) in [7, 11) is 0. The van der Waals surface area contributed by atoms with E-state index >= 15 is 0 Å². The molecule has 0 aromatic carbocycles. The van der Waals surface area contributed by atoms with Gasteiger partial charge in [0, 0.05) is 38.0 Å². The van der Waals surface area contributed by atoms with Crippen molar-refractivity contribution in [2.45, 2.75) is 26.3 Å². The molecule has 0 atom stereocenters. The minimum Gasteiger partial charge on any atom is -0.346 e. The lowest BCUT2D eigenvalue weighted by Gasteiger charge is -2.21. The molecule has 22 heavy (non-hydrogen) atoms. The van der Waals surface area contributed by atoms with Crippen molar-refractivity contribution in [1.29, 1.82) is 0 Å². The monoisotopic (exact) mass is 320 g/mol. The molecular weight excluding hydrogens is 300 g/mol. The predicted octanol–water partition coefficient (Wildman–Crippen LogP) is 1.17. The molecule has 1 fully saturated rings. The number of anilines is 1. The van der Waals surface area contributed by atoms with Crippen LogP contribution in [0.25, 0.3) is 0 Å². The number of aryl methyl sites for hydroxylation is 2. The normalized spacial score (nSPS) is 15.9. The molecule has 1 aliphatic heterocycles. The Hall–Kier alpha value is -1.96. The maximum atomic E-state index is 12.3. The summed E-state index contributed by atoms with van der Waals surface area (Å²) in [6.07, 6.45) is 4.58. The molecule has 0 spiro atoms. The zero-order chi connectivity index (χ0) is 15.4. The van der Waals surface area contributed by atoms with Crippen LogP contribution in [-0.2, 0) is 11.3 Å². The molecule has 118 valence electrons. The Kier molecular flexibility index (Phi) is 4.67. The molecule has 1 aliphatic rings. The summed E-state index contributed by atoms with van der Waals surface area (Å²) in [6.45, 7) is 5.98. The molecule has 1 saturated heterocycles. The summed E-state index contributed by atoms with van der Waals surface area (Å²) < 4.78 is 1.69. The second kappa shape index (κ2) is 6.87. The van der Waals surface area contributed by atoms with Gasteiger partial charge >= 0.3 is 0 Å². The van der Waals surface area contributed by atoms with Gasteiger partial charge in [0.05, 0.1) is 12.2 Å². The number of nitrogens with zero attached hydrogens (tertiary/aromatic N) is 6. The molecule has 7 nitrogen and oxygen atoms in total. The van der Waals surface area contributed by atoms with E-state index in [0.29, 0.717) is 13.0 Å². The summed E-state index contributed by atoms with van der Waals surface area (Å²) in [5.74, 6) is 0.188. The lowest BCUT2D eigenvalue weighted by molar-refractivity contribution is -0.131. The third-order valence-electron chi connectivity index (χ3n) is 3.75. The van der Waals surface area contributed by atoms with E-state index in [1.54, 1.807) is 22.3 Å². The summed E-state index contributed by atoms with van der Waals surface area (Å²) in [5, 5.41) is 7.16. The van der Waals surface area contributed by atoms with Crippen LogP contribution in [0, 0.1) is 6.92 Å². The summed E-state index contributed by atoms with van der Waals surface area (Å²) in [6, 6.07) is 0. The molecule has 2 aromatic heterocycles. The standard InChI is InChI=1S/C14H20N6OS/c1-12-9-22-14(17-12)19-5-2-4-18(7-8-19)13(21)3-6-20-11-15-10-16-20/h9-11H,2-8H2,1H3. The van der Waals surface area contributed by atoms with Gasteiger partial charge in [-0.15, -0.1) is 11.3 Å². The zero-order valence-electron chi connectivity index (χ0n) is 12.7. The molecule has 2 aromatic rings. The number of rotatable bonds is 4. The van der Waals surface area contributed by atoms with Crippen LogP contribution in [0.3, 0.4) is 0 Å². The van der Waals surface area contributed by atoms with Crippen LogP contribution in [0.1, 0.15) is 18.5 Å². The van der Waals surface area contributed by atoms with E-state index in [-0.39, 0.29) is 5.91 Å². The molecular formula is C14H20N6OS. The first-order valence-corrected chi connectivity index (χ1v) is 8.37. The number of amides is 1. The summed E-state index contributed by atoms with van der Waals surface area (Å²) in [4.78, 5) is 25.0. The van der Waals surface area contributed by atoms with Crippen molar-refractivity contribution in [3.05, 3.63) is 23.7 Å². The smallest absolute Gasteiger partial charge is 0.224 e. The van der Waals surface area contributed by atoms with E-state index in [9.17, 15) is 4.79 Å². The third kappa shape index (κ3) is 3.62. The molecule has 3 rings (SSSR count). The maximum Gasteiger partial charge on any atom is 0.224 e. The molecule has 0 saturated carbocycles.